The Kier molecular flexibility index (Phi) is 6.84. The van der Waals surface area contributed by atoms with Gasteiger partial charge in [0.2, 0.25) is 5.56 Å². The maximum absolute atomic E-state index is 14.1. The van der Waals surface area contributed by atoms with Crippen LogP contribution in [-0.4, -0.2) is 27.8 Å². The van der Waals surface area contributed by atoms with Gasteiger partial charge in [-0.3, -0.25) is 4.79 Å². The van der Waals surface area contributed by atoms with Crippen molar-refractivity contribution < 1.29 is 4.39 Å². The summed E-state index contributed by atoms with van der Waals surface area (Å²) in [6.45, 7) is 0.556. The van der Waals surface area contributed by atoms with E-state index in [4.69, 9.17) is 0 Å². The fourth-order valence-electron chi connectivity index (χ4n) is 2.65. The maximum atomic E-state index is 14.1. The number of aromatic nitrogens is 3. The average Bonchev–Trinajstić information content (AvgIpc) is 2.69. The molecule has 0 bridgehead atoms. The second kappa shape index (κ2) is 9.32. The summed E-state index contributed by atoms with van der Waals surface area (Å²) < 4.78 is 14.9. The van der Waals surface area contributed by atoms with Crippen LogP contribution < -0.4 is 10.9 Å². The molecule has 0 unspecified atom stereocenters. The summed E-state index contributed by atoms with van der Waals surface area (Å²) in [5, 5.41) is 3.89. The first kappa shape index (κ1) is 19.8. The second-order valence-electron chi connectivity index (χ2n) is 5.75. The molecular formula is C19H18FIN4OS. The molecule has 27 heavy (non-hydrogen) atoms. The highest BCUT2D eigenvalue weighted by Gasteiger charge is 2.09. The molecule has 0 saturated heterocycles. The van der Waals surface area contributed by atoms with Gasteiger partial charge in [0.05, 0.1) is 5.69 Å². The fraction of sp³-hybridized carbons (Fsp3) is 0.211. The zero-order valence-corrected chi connectivity index (χ0v) is 17.6. The summed E-state index contributed by atoms with van der Waals surface area (Å²) in [5.74, 6) is 0.496. The highest BCUT2D eigenvalue weighted by molar-refractivity contribution is 14.1. The van der Waals surface area contributed by atoms with Crippen molar-refractivity contribution >= 4 is 40.2 Å². The van der Waals surface area contributed by atoms with Crippen LogP contribution in [0.3, 0.4) is 0 Å². The third kappa shape index (κ3) is 5.07. The predicted octanol–water partition coefficient (Wildman–Crippen LogP) is 4.28. The lowest BCUT2D eigenvalue weighted by atomic mass is 10.1. The summed E-state index contributed by atoms with van der Waals surface area (Å²) >= 11 is 3.68. The molecular weight excluding hydrogens is 478 g/mol. The summed E-state index contributed by atoms with van der Waals surface area (Å²) in [5.41, 5.74) is 3.11. The molecule has 0 spiro atoms. The first-order valence-corrected chi connectivity index (χ1v) is 11.0. The lowest BCUT2D eigenvalue weighted by molar-refractivity contribution is 0.608. The van der Waals surface area contributed by atoms with Gasteiger partial charge < -0.3 is 10.3 Å². The molecule has 0 fully saturated rings. The molecule has 0 radical (unpaired) electrons. The van der Waals surface area contributed by atoms with E-state index < -0.39 is 0 Å². The van der Waals surface area contributed by atoms with Gasteiger partial charge in [0.25, 0.3) is 0 Å². The minimum Gasteiger partial charge on any atom is -0.370 e. The number of aromatic amines is 1. The molecule has 0 aliphatic rings. The van der Waals surface area contributed by atoms with Crippen molar-refractivity contribution in [3.63, 3.8) is 0 Å². The molecule has 3 aromatic rings. The SMILES string of the molecule is CSc1nc(NCCc2c(F)cccc2CI)cc(-c2ccc(=O)[nH]c2)n1. The van der Waals surface area contributed by atoms with Gasteiger partial charge in [-0.15, -0.1) is 0 Å². The highest BCUT2D eigenvalue weighted by atomic mass is 127. The zero-order valence-electron chi connectivity index (χ0n) is 14.6. The number of nitrogens with one attached hydrogen (secondary N) is 2. The number of benzene rings is 1. The van der Waals surface area contributed by atoms with Gasteiger partial charge in [-0.05, 0) is 35.9 Å². The highest BCUT2D eigenvalue weighted by Crippen LogP contribution is 2.22. The number of hydrogen-bond donors (Lipinski definition) is 2. The molecule has 0 aliphatic heterocycles. The molecule has 5 nitrogen and oxygen atoms in total. The molecule has 0 aliphatic carbocycles. The van der Waals surface area contributed by atoms with Gasteiger partial charge in [0.1, 0.15) is 11.6 Å². The smallest absolute Gasteiger partial charge is 0.247 e. The van der Waals surface area contributed by atoms with Crippen LogP contribution in [0.5, 0.6) is 0 Å². The number of nitrogens with zero attached hydrogens (tertiary/aromatic N) is 2. The molecule has 3 rings (SSSR count). The summed E-state index contributed by atoms with van der Waals surface area (Å²) in [6, 6.07) is 10.2. The molecule has 2 aromatic heterocycles. The van der Waals surface area contributed by atoms with E-state index >= 15 is 0 Å². The van der Waals surface area contributed by atoms with Crippen LogP contribution in [-0.2, 0) is 10.8 Å². The van der Waals surface area contributed by atoms with Gasteiger partial charge in [0.15, 0.2) is 5.16 Å². The number of rotatable bonds is 7. The normalized spacial score (nSPS) is 10.8. The molecule has 0 atom stereocenters. The van der Waals surface area contributed by atoms with Crippen LogP contribution in [0, 0.1) is 5.82 Å². The number of hydrogen-bond acceptors (Lipinski definition) is 5. The number of thioether (sulfide) groups is 1. The molecule has 0 saturated carbocycles. The topological polar surface area (TPSA) is 70.7 Å². The van der Waals surface area contributed by atoms with Crippen LogP contribution in [0.4, 0.5) is 10.2 Å². The lowest BCUT2D eigenvalue weighted by Crippen LogP contribution is -2.10. The number of anilines is 1. The van der Waals surface area contributed by atoms with Crippen LogP contribution in [0.25, 0.3) is 11.3 Å². The molecule has 1 aromatic carbocycles. The largest absolute Gasteiger partial charge is 0.370 e. The van der Waals surface area contributed by atoms with Crippen LogP contribution in [0.1, 0.15) is 11.1 Å². The Hall–Kier alpha value is -1.94. The van der Waals surface area contributed by atoms with Crippen molar-refractivity contribution in [2.45, 2.75) is 16.0 Å². The minimum absolute atomic E-state index is 0.160. The predicted molar refractivity (Wildman–Crippen MR) is 116 cm³/mol. The molecule has 8 heteroatoms. The number of H-pyrrole nitrogens is 1. The fourth-order valence-corrected chi connectivity index (χ4v) is 3.74. The third-order valence-electron chi connectivity index (χ3n) is 4.01. The van der Waals surface area contributed by atoms with Crippen molar-refractivity contribution in [1.29, 1.82) is 0 Å². The Balaban J connectivity index is 1.78. The van der Waals surface area contributed by atoms with Crippen molar-refractivity contribution in [2.75, 3.05) is 18.1 Å². The van der Waals surface area contributed by atoms with Crippen LogP contribution >= 0.6 is 34.4 Å². The number of pyridine rings is 1. The van der Waals surface area contributed by atoms with Gasteiger partial charge >= 0.3 is 0 Å². The minimum atomic E-state index is -0.174. The van der Waals surface area contributed by atoms with E-state index in [1.807, 2.05) is 18.4 Å². The Labute approximate surface area is 174 Å². The zero-order chi connectivity index (χ0) is 19.2. The van der Waals surface area contributed by atoms with Crippen molar-refractivity contribution in [2.24, 2.45) is 0 Å². The van der Waals surface area contributed by atoms with E-state index in [9.17, 15) is 9.18 Å². The first-order chi connectivity index (χ1) is 13.1. The van der Waals surface area contributed by atoms with Crippen LogP contribution in [0.2, 0.25) is 0 Å². The Morgan fingerprint density at radius 3 is 2.81 bits per heavy atom. The first-order valence-electron chi connectivity index (χ1n) is 8.29. The van der Waals surface area contributed by atoms with E-state index in [2.05, 4.69) is 42.9 Å². The second-order valence-corrected chi connectivity index (χ2v) is 7.29. The lowest BCUT2D eigenvalue weighted by Gasteiger charge is -2.11. The van der Waals surface area contributed by atoms with E-state index in [1.165, 1.54) is 23.9 Å². The monoisotopic (exact) mass is 496 g/mol. The van der Waals surface area contributed by atoms with E-state index in [0.717, 1.165) is 21.1 Å². The molecule has 0 amide bonds. The number of halogens is 2. The third-order valence-corrected chi connectivity index (χ3v) is 5.38. The van der Waals surface area contributed by atoms with Crippen LogP contribution in [0.15, 0.2) is 52.5 Å². The van der Waals surface area contributed by atoms with Gasteiger partial charge in [-0.2, -0.15) is 0 Å². The molecule has 140 valence electrons. The van der Waals surface area contributed by atoms with Crippen molar-refractivity contribution in [3.05, 3.63) is 69.9 Å². The van der Waals surface area contributed by atoms with Gasteiger partial charge in [-0.1, -0.05) is 46.5 Å². The van der Waals surface area contributed by atoms with Gasteiger partial charge in [-0.25, -0.2) is 14.4 Å². The summed E-state index contributed by atoms with van der Waals surface area (Å²) in [4.78, 5) is 22.9. The Morgan fingerprint density at radius 1 is 1.26 bits per heavy atom. The summed E-state index contributed by atoms with van der Waals surface area (Å²) in [6.07, 6.45) is 4.10. The van der Waals surface area contributed by atoms with Crippen molar-refractivity contribution in [1.82, 2.24) is 15.0 Å². The average molecular weight is 496 g/mol. The quantitative estimate of drug-likeness (QED) is 0.221. The van der Waals surface area contributed by atoms with E-state index in [0.29, 0.717) is 29.6 Å². The Bertz CT molecular complexity index is 975. The maximum Gasteiger partial charge on any atom is 0.247 e. The van der Waals surface area contributed by atoms with Crippen molar-refractivity contribution in [3.8, 4) is 11.3 Å². The van der Waals surface area contributed by atoms with E-state index in [-0.39, 0.29) is 11.4 Å². The Morgan fingerprint density at radius 2 is 2.11 bits per heavy atom. The van der Waals surface area contributed by atoms with Gasteiger partial charge in [0, 0.05) is 34.9 Å². The summed E-state index contributed by atoms with van der Waals surface area (Å²) in [7, 11) is 0. The standard InChI is InChI=1S/C19H18FIN4OS/c1-27-19-24-16(13-5-6-18(26)23-11-13)9-17(25-19)22-8-7-14-12(10-21)3-2-4-15(14)20/h2-6,9,11H,7-8,10H2,1H3,(H,23,26)(H,22,24,25). The van der Waals surface area contributed by atoms with E-state index in [1.54, 1.807) is 18.3 Å². The molecule has 2 heterocycles. The molecule has 2 N–H and O–H groups in total. The number of alkyl halides is 1.